The summed E-state index contributed by atoms with van der Waals surface area (Å²) < 4.78 is 33.0. The van der Waals surface area contributed by atoms with Crippen molar-refractivity contribution in [3.8, 4) is 5.75 Å². The summed E-state index contributed by atoms with van der Waals surface area (Å²) in [4.78, 5) is 59.8. The number of amides is 1. The van der Waals surface area contributed by atoms with Crippen LogP contribution in [-0.4, -0.2) is 66.8 Å². The lowest BCUT2D eigenvalue weighted by atomic mass is 9.96. The van der Waals surface area contributed by atoms with Gasteiger partial charge in [-0.15, -0.1) is 0 Å². The number of ketones is 1. The molecule has 0 spiro atoms. The van der Waals surface area contributed by atoms with Crippen molar-refractivity contribution in [1.29, 1.82) is 0 Å². The Labute approximate surface area is 224 Å². The molecule has 0 radical (unpaired) electrons. The molecule has 1 N–H and O–H groups in total. The summed E-state index contributed by atoms with van der Waals surface area (Å²) in [5.41, 5.74) is 0.369. The molecule has 12 heteroatoms. The van der Waals surface area contributed by atoms with Crippen molar-refractivity contribution in [3.63, 3.8) is 0 Å². The molecule has 0 unspecified atom stereocenters. The second-order valence-corrected chi connectivity index (χ2v) is 8.58. The third kappa shape index (κ3) is 8.54. The molecule has 5 atom stereocenters. The monoisotopic (exact) mass is 543 g/mol. The molecule has 2 heterocycles. The van der Waals surface area contributed by atoms with Gasteiger partial charge in [-0.3, -0.25) is 24.0 Å². The number of esters is 3. The average Bonchev–Trinajstić information content (AvgIpc) is 3.38. The SMILES string of the molecule is CC(=O)N[C@@H]1[C@H](Oc2ccc(C(=O)/C=C/c3ccco3)cc2)O[C@H](COC(C)=O)[C@@H](OC(C)=O)[C@@H]1OC(C)=O. The molecule has 1 amide bonds. The number of furan rings is 1. The molecule has 1 aliphatic rings. The van der Waals surface area contributed by atoms with E-state index < -0.39 is 54.5 Å². The molecular formula is C27H29NO11. The maximum Gasteiger partial charge on any atom is 0.303 e. The molecule has 0 aliphatic carbocycles. The van der Waals surface area contributed by atoms with Gasteiger partial charge in [-0.1, -0.05) is 0 Å². The summed E-state index contributed by atoms with van der Waals surface area (Å²) in [6, 6.07) is 8.38. The van der Waals surface area contributed by atoms with Crippen LogP contribution in [0.4, 0.5) is 0 Å². The van der Waals surface area contributed by atoms with E-state index in [0.29, 0.717) is 11.3 Å². The van der Waals surface area contributed by atoms with Crippen LogP contribution in [0, 0.1) is 0 Å². The van der Waals surface area contributed by atoms with E-state index in [2.05, 4.69) is 5.32 Å². The Hall–Kier alpha value is -4.45. The quantitative estimate of drug-likeness (QED) is 0.203. The van der Waals surface area contributed by atoms with E-state index in [0.717, 1.165) is 13.8 Å². The molecule has 1 aliphatic heterocycles. The fourth-order valence-corrected chi connectivity index (χ4v) is 3.86. The smallest absolute Gasteiger partial charge is 0.303 e. The lowest BCUT2D eigenvalue weighted by molar-refractivity contribution is -0.257. The van der Waals surface area contributed by atoms with Crippen LogP contribution in [0.25, 0.3) is 6.08 Å². The third-order valence-electron chi connectivity index (χ3n) is 5.40. The van der Waals surface area contributed by atoms with Gasteiger partial charge in [0.25, 0.3) is 0 Å². The van der Waals surface area contributed by atoms with Crippen molar-refractivity contribution in [3.05, 3.63) is 60.1 Å². The van der Waals surface area contributed by atoms with Gasteiger partial charge in [-0.25, -0.2) is 0 Å². The number of carbonyl (C=O) groups excluding carboxylic acids is 5. The largest absolute Gasteiger partial charge is 0.465 e. The van der Waals surface area contributed by atoms with Crippen LogP contribution in [-0.2, 0) is 38.1 Å². The van der Waals surface area contributed by atoms with Crippen molar-refractivity contribution in [2.45, 2.75) is 58.3 Å². The second-order valence-electron chi connectivity index (χ2n) is 8.58. The zero-order valence-corrected chi connectivity index (χ0v) is 21.8. The van der Waals surface area contributed by atoms with Gasteiger partial charge in [0, 0.05) is 33.3 Å². The van der Waals surface area contributed by atoms with Crippen LogP contribution in [0.15, 0.2) is 53.2 Å². The van der Waals surface area contributed by atoms with Gasteiger partial charge in [0.05, 0.1) is 6.26 Å². The highest BCUT2D eigenvalue weighted by Gasteiger charge is 2.51. The van der Waals surface area contributed by atoms with Crippen LogP contribution >= 0.6 is 0 Å². The molecule has 1 saturated heterocycles. The highest BCUT2D eigenvalue weighted by atomic mass is 16.7. The maximum atomic E-state index is 12.5. The van der Waals surface area contributed by atoms with E-state index in [1.807, 2.05) is 0 Å². The first-order valence-corrected chi connectivity index (χ1v) is 12.0. The first-order chi connectivity index (χ1) is 18.5. The second kappa shape index (κ2) is 13.4. The van der Waals surface area contributed by atoms with Crippen LogP contribution in [0.3, 0.4) is 0 Å². The average molecular weight is 544 g/mol. The summed E-state index contributed by atoms with van der Waals surface area (Å²) in [6.45, 7) is 4.37. The highest BCUT2D eigenvalue weighted by molar-refractivity contribution is 6.06. The molecule has 2 aromatic rings. The Morgan fingerprint density at radius 3 is 2.13 bits per heavy atom. The van der Waals surface area contributed by atoms with Crippen molar-refractivity contribution < 1.29 is 52.1 Å². The van der Waals surface area contributed by atoms with Gasteiger partial charge >= 0.3 is 17.9 Å². The zero-order valence-electron chi connectivity index (χ0n) is 21.8. The Morgan fingerprint density at radius 2 is 1.56 bits per heavy atom. The lowest BCUT2D eigenvalue weighted by Gasteiger charge is -2.44. The minimum absolute atomic E-state index is 0.251. The number of hydrogen-bond acceptors (Lipinski definition) is 11. The molecular weight excluding hydrogens is 514 g/mol. The van der Waals surface area contributed by atoms with Gasteiger partial charge in [-0.05, 0) is 48.6 Å². The molecule has 1 aromatic heterocycles. The molecule has 0 bridgehead atoms. The van der Waals surface area contributed by atoms with E-state index in [9.17, 15) is 24.0 Å². The van der Waals surface area contributed by atoms with Crippen molar-refractivity contribution >= 4 is 35.7 Å². The van der Waals surface area contributed by atoms with Crippen molar-refractivity contribution in [2.75, 3.05) is 6.61 Å². The Bertz CT molecular complexity index is 1200. The number of nitrogens with one attached hydrogen (secondary N) is 1. The minimum Gasteiger partial charge on any atom is -0.465 e. The zero-order chi connectivity index (χ0) is 28.5. The molecule has 3 rings (SSSR count). The van der Waals surface area contributed by atoms with Crippen LogP contribution < -0.4 is 10.1 Å². The number of benzene rings is 1. The topological polar surface area (TPSA) is 157 Å². The fourth-order valence-electron chi connectivity index (χ4n) is 3.86. The lowest BCUT2D eigenvalue weighted by Crippen LogP contribution is -2.67. The Balaban J connectivity index is 1.86. The summed E-state index contributed by atoms with van der Waals surface area (Å²) in [6.07, 6.45) is -0.459. The highest BCUT2D eigenvalue weighted by Crippen LogP contribution is 2.29. The van der Waals surface area contributed by atoms with Gasteiger partial charge < -0.3 is 33.4 Å². The van der Waals surface area contributed by atoms with Gasteiger partial charge in [0.15, 0.2) is 18.0 Å². The standard InChI is InChI=1S/C27H29NO11/c1-15(29)28-24-26(37-18(4)32)25(36-17(3)31)23(14-35-16(2)30)39-27(24)38-21-9-7-19(8-10-21)22(33)12-11-20-6-5-13-34-20/h5-13,23-27H,14H2,1-4H3,(H,28,29)/b12-11+/t23-,24+,25-,26-,27-/m1/s1. The summed E-state index contributed by atoms with van der Waals surface area (Å²) in [5, 5.41) is 2.62. The van der Waals surface area contributed by atoms with E-state index >= 15 is 0 Å². The van der Waals surface area contributed by atoms with Crippen LogP contribution in [0.2, 0.25) is 0 Å². The number of carbonyl (C=O) groups is 5. The minimum atomic E-state index is -1.27. The summed E-state index contributed by atoms with van der Waals surface area (Å²) >= 11 is 0. The fraction of sp³-hybridized carbons (Fsp3) is 0.370. The van der Waals surface area contributed by atoms with Crippen LogP contribution in [0.1, 0.15) is 43.8 Å². The number of rotatable bonds is 10. The van der Waals surface area contributed by atoms with Gasteiger partial charge in [-0.2, -0.15) is 0 Å². The maximum absolute atomic E-state index is 12.5. The molecule has 0 saturated carbocycles. The summed E-state index contributed by atoms with van der Waals surface area (Å²) in [5.74, 6) is -2.05. The third-order valence-corrected chi connectivity index (χ3v) is 5.40. The van der Waals surface area contributed by atoms with E-state index in [-0.39, 0.29) is 18.1 Å². The molecule has 208 valence electrons. The Morgan fingerprint density at radius 1 is 0.897 bits per heavy atom. The Kier molecular flexibility index (Phi) is 9.98. The molecule has 1 aromatic carbocycles. The predicted octanol–water partition coefficient (Wildman–Crippen LogP) is 2.21. The predicted molar refractivity (Wildman–Crippen MR) is 133 cm³/mol. The molecule has 12 nitrogen and oxygen atoms in total. The van der Waals surface area contributed by atoms with E-state index in [1.165, 1.54) is 50.5 Å². The van der Waals surface area contributed by atoms with Gasteiger partial charge in [0.1, 0.15) is 30.3 Å². The first-order valence-electron chi connectivity index (χ1n) is 12.0. The molecule has 39 heavy (non-hydrogen) atoms. The van der Waals surface area contributed by atoms with Crippen LogP contribution in [0.5, 0.6) is 5.75 Å². The number of ether oxygens (including phenoxy) is 5. The summed E-state index contributed by atoms with van der Waals surface area (Å²) in [7, 11) is 0. The normalized spacial score (nSPS) is 22.5. The number of allylic oxidation sites excluding steroid dienone is 1. The number of hydrogen-bond donors (Lipinski definition) is 1. The van der Waals surface area contributed by atoms with Crippen molar-refractivity contribution in [1.82, 2.24) is 5.32 Å². The van der Waals surface area contributed by atoms with Crippen molar-refractivity contribution in [2.24, 2.45) is 0 Å². The molecule has 1 fully saturated rings. The van der Waals surface area contributed by atoms with E-state index in [1.54, 1.807) is 18.2 Å². The van der Waals surface area contributed by atoms with Gasteiger partial charge in [0.2, 0.25) is 12.2 Å². The van der Waals surface area contributed by atoms with E-state index in [4.69, 9.17) is 28.1 Å². The first kappa shape index (κ1) is 29.1.